The van der Waals surface area contributed by atoms with Crippen molar-refractivity contribution >= 4 is 73.9 Å². The Kier molecular flexibility index (Phi) is 10.3. The van der Waals surface area contributed by atoms with Crippen molar-refractivity contribution in [2.45, 2.75) is 32.9 Å². The van der Waals surface area contributed by atoms with Crippen LogP contribution in [0.5, 0.6) is 0 Å². The third kappa shape index (κ3) is 7.65. The number of carbonyl (C=O) groups excluding carboxylic acids is 2. The first-order valence-electron chi connectivity index (χ1n) is 10.3. The lowest BCUT2D eigenvalue weighted by molar-refractivity contribution is -0.139. The highest BCUT2D eigenvalue weighted by Crippen LogP contribution is 2.31. The van der Waals surface area contributed by atoms with Crippen LogP contribution in [0.4, 0.5) is 5.69 Å². The molecule has 7 nitrogen and oxygen atoms in total. The number of halogens is 4. The molecule has 0 saturated heterocycles. The van der Waals surface area contributed by atoms with Gasteiger partial charge in [-0.25, -0.2) is 8.42 Å². The standard InChI is InChI=1S/C22H25Cl4N3O4S/c1-4-9-27-22(31)14(2)28(12-15-5-6-16(23)10-18(15)25)21(30)13-29(34(3,32)33)20-8-7-17(24)11-19(20)26/h5-8,10-11,14H,4,9,12-13H2,1-3H3,(H,27,31)/t14-/m1/s1. The summed E-state index contributed by atoms with van der Waals surface area (Å²) in [6.45, 7) is 3.27. The van der Waals surface area contributed by atoms with Crippen molar-refractivity contribution in [2.75, 3.05) is 23.7 Å². The van der Waals surface area contributed by atoms with Crippen LogP contribution in [0.3, 0.4) is 0 Å². The topological polar surface area (TPSA) is 86.8 Å². The molecule has 0 unspecified atom stereocenters. The van der Waals surface area contributed by atoms with E-state index in [9.17, 15) is 18.0 Å². The summed E-state index contributed by atoms with van der Waals surface area (Å²) < 4.78 is 26.0. The molecular weight excluding hydrogens is 544 g/mol. The zero-order valence-electron chi connectivity index (χ0n) is 18.8. The molecule has 0 spiro atoms. The maximum Gasteiger partial charge on any atom is 0.244 e. The van der Waals surface area contributed by atoms with Crippen molar-refractivity contribution in [3.63, 3.8) is 0 Å². The van der Waals surface area contributed by atoms with Gasteiger partial charge in [-0.3, -0.25) is 13.9 Å². The number of sulfonamides is 1. The van der Waals surface area contributed by atoms with E-state index in [1.54, 1.807) is 19.1 Å². The summed E-state index contributed by atoms with van der Waals surface area (Å²) in [4.78, 5) is 27.4. The van der Waals surface area contributed by atoms with Gasteiger partial charge in [0.1, 0.15) is 12.6 Å². The van der Waals surface area contributed by atoms with Gasteiger partial charge in [-0.05, 0) is 49.2 Å². The van der Waals surface area contributed by atoms with Crippen LogP contribution in [0, 0.1) is 0 Å². The second-order valence-corrected chi connectivity index (χ2v) is 11.2. The number of rotatable bonds is 10. The molecule has 2 aromatic rings. The molecule has 0 aliphatic heterocycles. The van der Waals surface area contributed by atoms with Gasteiger partial charge in [0.15, 0.2) is 0 Å². The summed E-state index contributed by atoms with van der Waals surface area (Å²) >= 11 is 24.4. The number of hydrogen-bond donors (Lipinski definition) is 1. The maximum atomic E-state index is 13.5. The first kappa shape index (κ1) is 28.5. The largest absolute Gasteiger partial charge is 0.354 e. The summed E-state index contributed by atoms with van der Waals surface area (Å²) in [6, 6.07) is 8.14. The summed E-state index contributed by atoms with van der Waals surface area (Å²) in [5, 5.41) is 3.86. The van der Waals surface area contributed by atoms with Crippen LogP contribution in [0.15, 0.2) is 36.4 Å². The first-order chi connectivity index (χ1) is 15.8. The minimum atomic E-state index is -3.91. The lowest BCUT2D eigenvalue weighted by Gasteiger charge is -2.32. The second kappa shape index (κ2) is 12.3. The monoisotopic (exact) mass is 567 g/mol. The van der Waals surface area contributed by atoms with Crippen LogP contribution < -0.4 is 9.62 Å². The van der Waals surface area contributed by atoms with Crippen LogP contribution in [0.25, 0.3) is 0 Å². The number of carbonyl (C=O) groups is 2. The maximum absolute atomic E-state index is 13.5. The average Bonchev–Trinajstić information content (AvgIpc) is 2.74. The van der Waals surface area contributed by atoms with Crippen LogP contribution in [-0.4, -0.2) is 50.5 Å². The molecule has 0 fully saturated rings. The van der Waals surface area contributed by atoms with Crippen LogP contribution >= 0.6 is 46.4 Å². The van der Waals surface area contributed by atoms with Crippen molar-refractivity contribution in [1.29, 1.82) is 0 Å². The minimum absolute atomic E-state index is 0.0402. The number of benzene rings is 2. The number of amides is 2. The smallest absolute Gasteiger partial charge is 0.244 e. The number of anilines is 1. The van der Waals surface area contributed by atoms with Gasteiger partial charge >= 0.3 is 0 Å². The molecule has 0 aliphatic rings. The van der Waals surface area contributed by atoms with E-state index >= 15 is 0 Å². The van der Waals surface area contributed by atoms with Crippen molar-refractivity contribution in [3.8, 4) is 0 Å². The molecule has 186 valence electrons. The highest BCUT2D eigenvalue weighted by atomic mass is 35.5. The predicted molar refractivity (Wildman–Crippen MR) is 138 cm³/mol. The second-order valence-electron chi connectivity index (χ2n) is 7.59. The van der Waals surface area contributed by atoms with Gasteiger partial charge in [0.2, 0.25) is 21.8 Å². The molecule has 0 saturated carbocycles. The lowest BCUT2D eigenvalue weighted by Crippen LogP contribution is -2.51. The number of hydrogen-bond acceptors (Lipinski definition) is 4. The summed E-state index contributed by atoms with van der Waals surface area (Å²) in [5.74, 6) is -1.00. The van der Waals surface area contributed by atoms with Gasteiger partial charge in [-0.1, -0.05) is 59.4 Å². The average molecular weight is 569 g/mol. The Morgan fingerprint density at radius 2 is 1.59 bits per heavy atom. The van der Waals surface area contributed by atoms with Gasteiger partial charge in [0.05, 0.1) is 17.0 Å². The van der Waals surface area contributed by atoms with Gasteiger partial charge < -0.3 is 10.2 Å². The highest BCUT2D eigenvalue weighted by molar-refractivity contribution is 7.92. The molecule has 1 N–H and O–H groups in total. The molecule has 0 heterocycles. The van der Waals surface area contributed by atoms with Crippen molar-refractivity contribution in [3.05, 3.63) is 62.1 Å². The summed E-state index contributed by atoms with van der Waals surface area (Å²) in [6.07, 6.45) is 1.68. The zero-order valence-corrected chi connectivity index (χ0v) is 22.7. The third-order valence-corrected chi connectivity index (χ3v) is 7.18. The van der Waals surface area contributed by atoms with Gasteiger partial charge in [-0.2, -0.15) is 0 Å². The Morgan fingerprint density at radius 3 is 2.12 bits per heavy atom. The van der Waals surface area contributed by atoms with Crippen LogP contribution in [0.2, 0.25) is 20.1 Å². The molecule has 2 amide bonds. The van der Waals surface area contributed by atoms with Crippen LogP contribution in [0.1, 0.15) is 25.8 Å². The van der Waals surface area contributed by atoms with E-state index in [2.05, 4.69) is 5.32 Å². The molecule has 2 rings (SSSR count). The number of nitrogens with one attached hydrogen (secondary N) is 1. The molecule has 12 heteroatoms. The molecule has 34 heavy (non-hydrogen) atoms. The first-order valence-corrected chi connectivity index (χ1v) is 13.6. The molecule has 2 aromatic carbocycles. The van der Waals surface area contributed by atoms with Crippen molar-refractivity contribution < 1.29 is 18.0 Å². The Hall–Kier alpha value is -1.71. The normalized spacial score (nSPS) is 12.2. The predicted octanol–water partition coefficient (Wildman–Crippen LogP) is 5.01. The molecule has 1 atom stereocenters. The highest BCUT2D eigenvalue weighted by Gasteiger charge is 2.31. The molecular formula is C22H25Cl4N3O4S. The van der Waals surface area contributed by atoms with E-state index in [4.69, 9.17) is 46.4 Å². The Balaban J connectivity index is 2.44. The quantitative estimate of drug-likeness (QED) is 0.436. The Morgan fingerprint density at radius 1 is 1.00 bits per heavy atom. The summed E-state index contributed by atoms with van der Waals surface area (Å²) in [5.41, 5.74) is 0.638. The zero-order chi connectivity index (χ0) is 25.6. The van der Waals surface area contributed by atoms with Crippen molar-refractivity contribution in [2.24, 2.45) is 0 Å². The van der Waals surface area contributed by atoms with E-state index in [1.165, 1.54) is 29.2 Å². The van der Waals surface area contributed by atoms with E-state index < -0.39 is 28.5 Å². The third-order valence-electron chi connectivity index (χ3n) is 4.93. The van der Waals surface area contributed by atoms with E-state index in [-0.39, 0.29) is 23.2 Å². The van der Waals surface area contributed by atoms with Crippen LogP contribution in [-0.2, 0) is 26.2 Å². The molecule has 0 bridgehead atoms. The van der Waals surface area contributed by atoms with Gasteiger partial charge in [-0.15, -0.1) is 0 Å². The summed E-state index contributed by atoms with van der Waals surface area (Å²) in [7, 11) is -3.91. The van der Waals surface area contributed by atoms with E-state index in [0.29, 0.717) is 33.6 Å². The lowest BCUT2D eigenvalue weighted by atomic mass is 10.1. The molecule has 0 aliphatic carbocycles. The Bertz CT molecular complexity index is 1160. The fourth-order valence-corrected chi connectivity index (χ4v) is 4.98. The number of nitrogens with zero attached hydrogens (tertiary/aromatic N) is 2. The van der Waals surface area contributed by atoms with E-state index in [1.807, 2.05) is 6.92 Å². The minimum Gasteiger partial charge on any atom is -0.354 e. The Labute approximate surface area is 220 Å². The fraction of sp³-hybridized carbons (Fsp3) is 0.364. The SMILES string of the molecule is CCCNC(=O)[C@@H](C)N(Cc1ccc(Cl)cc1Cl)C(=O)CN(c1ccc(Cl)cc1Cl)S(C)(=O)=O. The van der Waals surface area contributed by atoms with Gasteiger partial charge in [0.25, 0.3) is 0 Å². The van der Waals surface area contributed by atoms with Gasteiger partial charge in [0, 0.05) is 28.2 Å². The fourth-order valence-electron chi connectivity index (χ4n) is 3.09. The van der Waals surface area contributed by atoms with Crippen molar-refractivity contribution in [1.82, 2.24) is 10.2 Å². The molecule has 0 aromatic heterocycles. The molecule has 0 radical (unpaired) electrons. The van der Waals surface area contributed by atoms with E-state index in [0.717, 1.165) is 10.6 Å².